The van der Waals surface area contributed by atoms with Gasteiger partial charge < -0.3 is 14.3 Å². The molecule has 0 spiro atoms. The third-order valence-electron chi connectivity index (χ3n) is 3.79. The van der Waals surface area contributed by atoms with Crippen LogP contribution in [0.1, 0.15) is 33.6 Å². The normalized spacial score (nSPS) is 28.1. The summed E-state index contributed by atoms with van der Waals surface area (Å²) in [7, 11) is -1.67. The van der Waals surface area contributed by atoms with E-state index >= 15 is 0 Å². The van der Waals surface area contributed by atoms with Crippen LogP contribution in [0.4, 0.5) is 0 Å². The van der Waals surface area contributed by atoms with Crippen LogP contribution in [-0.2, 0) is 9.16 Å². The van der Waals surface area contributed by atoms with Gasteiger partial charge in [0.1, 0.15) is 0 Å². The molecule has 0 aromatic heterocycles. The molecule has 1 N–H and O–H groups in total. The fraction of sp³-hybridized carbons (Fsp3) is 1.00. The maximum atomic E-state index is 9.10. The molecule has 96 valence electrons. The summed E-state index contributed by atoms with van der Waals surface area (Å²) in [4.78, 5) is 0. The molecule has 0 unspecified atom stereocenters. The van der Waals surface area contributed by atoms with Crippen LogP contribution in [0.15, 0.2) is 0 Å². The lowest BCUT2D eigenvalue weighted by atomic mass is 10.1. The van der Waals surface area contributed by atoms with Crippen molar-refractivity contribution in [2.45, 2.75) is 64.0 Å². The van der Waals surface area contributed by atoms with E-state index in [1.807, 2.05) is 0 Å². The van der Waals surface area contributed by atoms with Crippen LogP contribution in [0.3, 0.4) is 0 Å². The highest BCUT2D eigenvalue weighted by atomic mass is 28.4. The molecule has 2 atom stereocenters. The van der Waals surface area contributed by atoms with Gasteiger partial charge in [-0.05, 0) is 24.6 Å². The fourth-order valence-electron chi connectivity index (χ4n) is 1.67. The van der Waals surface area contributed by atoms with Gasteiger partial charge in [0, 0.05) is 19.1 Å². The number of ether oxygens (including phenoxy) is 1. The summed E-state index contributed by atoms with van der Waals surface area (Å²) in [6, 6.07) is 0. The molecule has 1 rings (SSSR count). The first-order valence-electron chi connectivity index (χ1n) is 6.16. The predicted octanol–water partition coefficient (Wildman–Crippen LogP) is 2.55. The number of hydrogen-bond acceptors (Lipinski definition) is 3. The molecular weight excluding hydrogens is 220 g/mol. The Hall–Kier alpha value is 0.0969. The third kappa shape index (κ3) is 3.55. The van der Waals surface area contributed by atoms with Crippen LogP contribution in [0.2, 0.25) is 18.1 Å². The quantitative estimate of drug-likeness (QED) is 0.778. The summed E-state index contributed by atoms with van der Waals surface area (Å²) in [5, 5.41) is 9.35. The Morgan fingerprint density at radius 2 is 2.00 bits per heavy atom. The van der Waals surface area contributed by atoms with Gasteiger partial charge in [-0.15, -0.1) is 0 Å². The molecule has 1 aliphatic heterocycles. The summed E-state index contributed by atoms with van der Waals surface area (Å²) in [6.45, 7) is 12.1. The summed E-state index contributed by atoms with van der Waals surface area (Å²) < 4.78 is 11.8. The van der Waals surface area contributed by atoms with Gasteiger partial charge in [-0.1, -0.05) is 20.8 Å². The lowest BCUT2D eigenvalue weighted by Crippen LogP contribution is -2.46. The Morgan fingerprint density at radius 3 is 2.50 bits per heavy atom. The Bertz CT molecular complexity index is 223. The van der Waals surface area contributed by atoms with E-state index in [1.165, 1.54) is 0 Å². The van der Waals surface area contributed by atoms with Gasteiger partial charge >= 0.3 is 0 Å². The van der Waals surface area contributed by atoms with E-state index in [0.717, 1.165) is 12.8 Å². The molecule has 16 heavy (non-hydrogen) atoms. The molecular formula is C12H26O3Si. The molecule has 0 aliphatic carbocycles. The molecule has 0 bridgehead atoms. The summed E-state index contributed by atoms with van der Waals surface area (Å²) >= 11 is 0. The summed E-state index contributed by atoms with van der Waals surface area (Å²) in [5.74, 6) is 0. The predicted molar refractivity (Wildman–Crippen MR) is 68.1 cm³/mol. The Balaban J connectivity index is 2.53. The van der Waals surface area contributed by atoms with Crippen molar-refractivity contribution >= 4 is 8.32 Å². The first kappa shape index (κ1) is 14.2. The molecule has 0 amide bonds. The molecule has 1 fully saturated rings. The average molecular weight is 246 g/mol. The second-order valence-corrected chi connectivity index (χ2v) is 11.0. The van der Waals surface area contributed by atoms with Gasteiger partial charge in [0.2, 0.25) is 0 Å². The van der Waals surface area contributed by atoms with E-state index in [1.54, 1.807) is 0 Å². The van der Waals surface area contributed by atoms with Crippen molar-refractivity contribution in [3.63, 3.8) is 0 Å². The Kier molecular flexibility index (Phi) is 4.57. The van der Waals surface area contributed by atoms with Crippen molar-refractivity contribution in [2.75, 3.05) is 13.2 Å². The van der Waals surface area contributed by atoms with Crippen LogP contribution in [-0.4, -0.2) is 38.8 Å². The van der Waals surface area contributed by atoms with Crippen LogP contribution < -0.4 is 0 Å². The van der Waals surface area contributed by atoms with Crippen molar-refractivity contribution < 1.29 is 14.3 Å². The second kappa shape index (κ2) is 5.17. The fourth-order valence-corrected chi connectivity index (χ4v) is 3.07. The van der Waals surface area contributed by atoms with Crippen LogP contribution in [0.25, 0.3) is 0 Å². The van der Waals surface area contributed by atoms with E-state index < -0.39 is 8.32 Å². The minimum absolute atomic E-state index is 0.0245. The molecule has 1 aliphatic rings. The van der Waals surface area contributed by atoms with Gasteiger partial charge in [-0.3, -0.25) is 0 Å². The number of hydrogen-bond donors (Lipinski definition) is 1. The average Bonchev–Trinajstić information content (AvgIpc) is 2.15. The van der Waals surface area contributed by atoms with Crippen molar-refractivity contribution in [1.29, 1.82) is 0 Å². The van der Waals surface area contributed by atoms with E-state index in [4.69, 9.17) is 14.3 Å². The maximum Gasteiger partial charge on any atom is 0.192 e. The Labute approximate surface area is 100 Å². The van der Waals surface area contributed by atoms with Gasteiger partial charge in [0.05, 0.1) is 12.7 Å². The molecule has 0 saturated carbocycles. The lowest BCUT2D eigenvalue weighted by molar-refractivity contribution is -0.0604. The smallest absolute Gasteiger partial charge is 0.192 e. The SMILES string of the molecule is CC(C)(C)[Si](C)(C)O[C@@H]1CCO[C@H](CO)C1. The monoisotopic (exact) mass is 246 g/mol. The van der Waals surface area contributed by atoms with E-state index in [2.05, 4.69) is 33.9 Å². The van der Waals surface area contributed by atoms with Crippen molar-refractivity contribution in [3.8, 4) is 0 Å². The van der Waals surface area contributed by atoms with Crippen molar-refractivity contribution in [3.05, 3.63) is 0 Å². The maximum absolute atomic E-state index is 9.10. The molecule has 0 aromatic carbocycles. The van der Waals surface area contributed by atoms with Crippen LogP contribution in [0.5, 0.6) is 0 Å². The first-order chi connectivity index (χ1) is 7.26. The molecule has 0 radical (unpaired) electrons. The number of aliphatic hydroxyl groups excluding tert-OH is 1. The number of aliphatic hydroxyl groups is 1. The minimum Gasteiger partial charge on any atom is -0.414 e. The standard InChI is InChI=1S/C12H26O3Si/c1-12(2,3)16(4,5)15-10-6-7-14-11(8-10)9-13/h10-11,13H,6-9H2,1-5H3/t10-,11+/m1/s1. The zero-order valence-corrected chi connectivity index (χ0v) is 12.2. The molecule has 0 aromatic rings. The first-order valence-corrected chi connectivity index (χ1v) is 9.07. The van der Waals surface area contributed by atoms with E-state index in [-0.39, 0.29) is 23.9 Å². The minimum atomic E-state index is -1.67. The van der Waals surface area contributed by atoms with E-state index in [9.17, 15) is 0 Å². The Morgan fingerprint density at radius 1 is 1.38 bits per heavy atom. The highest BCUT2D eigenvalue weighted by molar-refractivity contribution is 6.74. The van der Waals surface area contributed by atoms with Gasteiger partial charge in [-0.25, -0.2) is 0 Å². The second-order valence-electron chi connectivity index (χ2n) is 6.20. The number of rotatable bonds is 3. The summed E-state index contributed by atoms with van der Waals surface area (Å²) in [5.41, 5.74) is 0. The largest absolute Gasteiger partial charge is 0.414 e. The highest BCUT2D eigenvalue weighted by Crippen LogP contribution is 2.38. The topological polar surface area (TPSA) is 38.7 Å². The van der Waals surface area contributed by atoms with Gasteiger partial charge in [-0.2, -0.15) is 0 Å². The van der Waals surface area contributed by atoms with Gasteiger partial charge in [0.25, 0.3) is 0 Å². The zero-order chi connectivity index (χ0) is 12.4. The van der Waals surface area contributed by atoms with Crippen LogP contribution >= 0.6 is 0 Å². The molecule has 4 heteroatoms. The molecule has 3 nitrogen and oxygen atoms in total. The highest BCUT2D eigenvalue weighted by Gasteiger charge is 2.40. The molecule has 1 heterocycles. The zero-order valence-electron chi connectivity index (χ0n) is 11.2. The summed E-state index contributed by atoms with van der Waals surface area (Å²) in [6.07, 6.45) is 2.04. The van der Waals surface area contributed by atoms with Gasteiger partial charge in [0.15, 0.2) is 8.32 Å². The van der Waals surface area contributed by atoms with E-state index in [0.29, 0.717) is 6.61 Å². The lowest BCUT2D eigenvalue weighted by Gasteiger charge is -2.41. The van der Waals surface area contributed by atoms with Crippen LogP contribution in [0, 0.1) is 0 Å². The van der Waals surface area contributed by atoms with Crippen molar-refractivity contribution in [2.24, 2.45) is 0 Å². The van der Waals surface area contributed by atoms with Crippen molar-refractivity contribution in [1.82, 2.24) is 0 Å². The molecule has 1 saturated heterocycles. The third-order valence-corrected chi connectivity index (χ3v) is 8.33.